The summed E-state index contributed by atoms with van der Waals surface area (Å²) in [6, 6.07) is 14.6. The lowest BCUT2D eigenvalue weighted by Crippen LogP contribution is -2.22. The fourth-order valence-electron chi connectivity index (χ4n) is 2.33. The minimum absolute atomic E-state index is 0. The third-order valence-electron chi connectivity index (χ3n) is 3.59. The molecule has 0 aliphatic carbocycles. The van der Waals surface area contributed by atoms with E-state index in [1.807, 2.05) is 31.2 Å². The molecule has 25 heavy (non-hydrogen) atoms. The molecule has 3 N–H and O–H groups in total. The second-order valence-electron chi connectivity index (χ2n) is 5.64. The molecule has 0 saturated carbocycles. The number of nitrogens with zero attached hydrogens (tertiary/aromatic N) is 2. The van der Waals surface area contributed by atoms with Crippen molar-refractivity contribution in [2.75, 3.05) is 11.9 Å². The molecule has 6 nitrogen and oxygen atoms in total. The summed E-state index contributed by atoms with van der Waals surface area (Å²) in [5.41, 5.74) is 9.18. The Hall–Kier alpha value is -2.16. The number of hydrogen-bond acceptors (Lipinski definition) is 3. The number of benzene rings is 2. The largest absolute Gasteiger partial charge is 0.370 e. The summed E-state index contributed by atoms with van der Waals surface area (Å²) >= 11 is 0. The van der Waals surface area contributed by atoms with Crippen LogP contribution in [0.4, 0.5) is 11.4 Å². The Morgan fingerprint density at radius 1 is 1.20 bits per heavy atom. The second-order valence-corrected chi connectivity index (χ2v) is 5.64. The standard InChI is InChI=1S/C18H22N4O2.HI/c1-14-5-4-7-16(13-14)21-18(19)20-12-3-2-6-15-8-10-17(11-9-15)22(23)24;/h4-5,7-11,13H,2-3,6,12H2,1H3,(H3,19,20,21);1H. The van der Waals surface area contributed by atoms with Gasteiger partial charge in [-0.1, -0.05) is 24.3 Å². The first-order chi connectivity index (χ1) is 11.5. The van der Waals surface area contributed by atoms with Gasteiger partial charge in [-0.15, -0.1) is 24.0 Å². The first kappa shape index (κ1) is 20.9. The van der Waals surface area contributed by atoms with Crippen LogP contribution in [-0.2, 0) is 6.42 Å². The molecule has 0 heterocycles. The SMILES string of the molecule is Cc1cccc(NC(N)=NCCCCc2ccc([N+](=O)[O-])cc2)c1.I. The van der Waals surface area contributed by atoms with E-state index in [1.165, 1.54) is 12.1 Å². The fourth-order valence-corrected chi connectivity index (χ4v) is 2.33. The maximum Gasteiger partial charge on any atom is 0.269 e. The van der Waals surface area contributed by atoms with Gasteiger partial charge < -0.3 is 11.1 Å². The number of aliphatic imine (C=N–C) groups is 1. The summed E-state index contributed by atoms with van der Waals surface area (Å²) < 4.78 is 0. The monoisotopic (exact) mass is 454 g/mol. The van der Waals surface area contributed by atoms with Crippen LogP contribution in [0.25, 0.3) is 0 Å². The molecule has 2 aromatic carbocycles. The van der Waals surface area contributed by atoms with E-state index >= 15 is 0 Å². The summed E-state index contributed by atoms with van der Waals surface area (Å²) in [4.78, 5) is 14.5. The highest BCUT2D eigenvalue weighted by atomic mass is 127. The van der Waals surface area contributed by atoms with Gasteiger partial charge in [0, 0.05) is 24.4 Å². The normalized spacial score (nSPS) is 10.8. The molecule has 2 aromatic rings. The van der Waals surface area contributed by atoms with E-state index in [2.05, 4.69) is 10.3 Å². The molecule has 0 amide bonds. The van der Waals surface area contributed by atoms with E-state index in [-0.39, 0.29) is 34.6 Å². The summed E-state index contributed by atoms with van der Waals surface area (Å²) in [6.45, 7) is 2.67. The van der Waals surface area contributed by atoms with Crippen LogP contribution in [0.5, 0.6) is 0 Å². The summed E-state index contributed by atoms with van der Waals surface area (Å²) in [6.07, 6.45) is 2.74. The Morgan fingerprint density at radius 2 is 1.92 bits per heavy atom. The fraction of sp³-hybridized carbons (Fsp3) is 0.278. The van der Waals surface area contributed by atoms with Crippen LogP contribution >= 0.6 is 24.0 Å². The average Bonchev–Trinajstić information content (AvgIpc) is 2.55. The van der Waals surface area contributed by atoms with Crippen LogP contribution in [0.2, 0.25) is 0 Å². The van der Waals surface area contributed by atoms with E-state index in [0.717, 1.165) is 36.1 Å². The minimum Gasteiger partial charge on any atom is -0.370 e. The highest BCUT2D eigenvalue weighted by molar-refractivity contribution is 14.0. The number of nitro groups is 1. The Bertz CT molecular complexity index is 717. The molecule has 0 atom stereocenters. The average molecular weight is 454 g/mol. The number of halogens is 1. The van der Waals surface area contributed by atoms with Gasteiger partial charge in [-0.3, -0.25) is 15.1 Å². The van der Waals surface area contributed by atoms with Crippen molar-refractivity contribution in [2.24, 2.45) is 10.7 Å². The van der Waals surface area contributed by atoms with Gasteiger partial charge in [-0.05, 0) is 49.4 Å². The Morgan fingerprint density at radius 3 is 2.56 bits per heavy atom. The van der Waals surface area contributed by atoms with Crippen molar-refractivity contribution in [3.63, 3.8) is 0 Å². The van der Waals surface area contributed by atoms with Gasteiger partial charge in [0.1, 0.15) is 0 Å². The zero-order valence-corrected chi connectivity index (χ0v) is 16.5. The molecule has 0 saturated heterocycles. The molecule has 0 aliphatic rings. The highest BCUT2D eigenvalue weighted by Gasteiger charge is 2.03. The van der Waals surface area contributed by atoms with E-state index in [0.29, 0.717) is 12.5 Å². The predicted octanol–water partition coefficient (Wildman–Crippen LogP) is 4.27. The number of unbranched alkanes of at least 4 members (excludes halogenated alkanes) is 1. The lowest BCUT2D eigenvalue weighted by molar-refractivity contribution is -0.384. The number of nitrogens with one attached hydrogen (secondary N) is 1. The first-order valence-electron chi connectivity index (χ1n) is 7.91. The predicted molar refractivity (Wildman–Crippen MR) is 113 cm³/mol. The summed E-state index contributed by atoms with van der Waals surface area (Å²) in [5, 5.41) is 13.7. The van der Waals surface area contributed by atoms with Crippen molar-refractivity contribution < 1.29 is 4.92 Å². The molecule has 134 valence electrons. The molecule has 2 rings (SSSR count). The van der Waals surface area contributed by atoms with Gasteiger partial charge in [0.2, 0.25) is 0 Å². The highest BCUT2D eigenvalue weighted by Crippen LogP contribution is 2.13. The van der Waals surface area contributed by atoms with Crippen molar-refractivity contribution in [1.82, 2.24) is 0 Å². The van der Waals surface area contributed by atoms with Crippen LogP contribution < -0.4 is 11.1 Å². The van der Waals surface area contributed by atoms with Crippen LogP contribution in [0.1, 0.15) is 24.0 Å². The smallest absolute Gasteiger partial charge is 0.269 e. The molecule has 0 bridgehead atoms. The summed E-state index contributed by atoms with van der Waals surface area (Å²) in [7, 11) is 0. The molecule has 7 heteroatoms. The van der Waals surface area contributed by atoms with Crippen LogP contribution in [-0.4, -0.2) is 17.4 Å². The van der Waals surface area contributed by atoms with Gasteiger partial charge in [0.05, 0.1) is 4.92 Å². The number of anilines is 1. The van der Waals surface area contributed by atoms with Gasteiger partial charge in [-0.2, -0.15) is 0 Å². The number of nitro benzene ring substituents is 1. The third-order valence-corrected chi connectivity index (χ3v) is 3.59. The Balaban J connectivity index is 0.00000312. The topological polar surface area (TPSA) is 93.5 Å². The number of nitrogens with two attached hydrogens (primary N) is 1. The number of hydrogen-bond donors (Lipinski definition) is 2. The molecule has 0 spiro atoms. The van der Waals surface area contributed by atoms with E-state index in [1.54, 1.807) is 12.1 Å². The van der Waals surface area contributed by atoms with Gasteiger partial charge in [0.15, 0.2) is 5.96 Å². The van der Waals surface area contributed by atoms with Crippen LogP contribution in [0, 0.1) is 17.0 Å². The van der Waals surface area contributed by atoms with Crippen LogP contribution in [0.15, 0.2) is 53.5 Å². The number of non-ortho nitro benzene ring substituents is 1. The molecular formula is C18H23IN4O2. The van der Waals surface area contributed by atoms with Crippen molar-refractivity contribution in [2.45, 2.75) is 26.2 Å². The molecular weight excluding hydrogens is 431 g/mol. The Kier molecular flexibility index (Phi) is 8.90. The molecule has 0 unspecified atom stereocenters. The maximum absolute atomic E-state index is 10.6. The van der Waals surface area contributed by atoms with Gasteiger partial charge in [0.25, 0.3) is 5.69 Å². The maximum atomic E-state index is 10.6. The van der Waals surface area contributed by atoms with Crippen molar-refractivity contribution in [3.8, 4) is 0 Å². The van der Waals surface area contributed by atoms with E-state index < -0.39 is 0 Å². The third kappa shape index (κ3) is 7.51. The number of aryl methyl sites for hydroxylation is 2. The zero-order valence-electron chi connectivity index (χ0n) is 14.1. The minimum atomic E-state index is -0.386. The van der Waals surface area contributed by atoms with Crippen LogP contribution in [0.3, 0.4) is 0 Å². The van der Waals surface area contributed by atoms with E-state index in [9.17, 15) is 10.1 Å². The van der Waals surface area contributed by atoms with Crippen molar-refractivity contribution in [1.29, 1.82) is 0 Å². The Labute approximate surface area is 164 Å². The molecule has 0 aromatic heterocycles. The molecule has 0 radical (unpaired) electrons. The summed E-state index contributed by atoms with van der Waals surface area (Å²) in [5.74, 6) is 0.413. The van der Waals surface area contributed by atoms with Crippen molar-refractivity contribution in [3.05, 3.63) is 69.8 Å². The lowest BCUT2D eigenvalue weighted by atomic mass is 10.1. The molecule has 0 fully saturated rings. The number of rotatable bonds is 7. The van der Waals surface area contributed by atoms with Crippen molar-refractivity contribution >= 4 is 41.3 Å². The van der Waals surface area contributed by atoms with E-state index in [4.69, 9.17) is 5.73 Å². The molecule has 0 aliphatic heterocycles. The number of guanidine groups is 1. The quantitative estimate of drug-likeness (QED) is 0.163. The van der Waals surface area contributed by atoms with Gasteiger partial charge in [-0.25, -0.2) is 0 Å². The second kappa shape index (κ2) is 10.7. The zero-order chi connectivity index (χ0) is 17.4. The lowest BCUT2D eigenvalue weighted by Gasteiger charge is -2.06. The van der Waals surface area contributed by atoms with Gasteiger partial charge >= 0.3 is 0 Å². The first-order valence-corrected chi connectivity index (χ1v) is 7.91.